The fourth-order valence-electron chi connectivity index (χ4n) is 2.80. The van der Waals surface area contributed by atoms with Crippen LogP contribution >= 0.6 is 0 Å². The first-order valence-electron chi connectivity index (χ1n) is 8.70. The molecule has 0 spiro atoms. The Bertz CT molecular complexity index is 703. The van der Waals surface area contributed by atoms with Crippen molar-refractivity contribution in [3.05, 3.63) is 59.7 Å². The average Bonchev–Trinajstić information content (AvgIpc) is 2.65. The van der Waals surface area contributed by atoms with E-state index in [4.69, 9.17) is 9.47 Å². The maximum Gasteiger partial charge on any atom is 0.315 e. The Hall–Kier alpha value is -2.69. The summed E-state index contributed by atoms with van der Waals surface area (Å²) in [5.74, 6) is 1.49. The Morgan fingerprint density at radius 3 is 2.64 bits per heavy atom. The van der Waals surface area contributed by atoms with Gasteiger partial charge in [-0.15, -0.1) is 0 Å². The van der Waals surface area contributed by atoms with Gasteiger partial charge < -0.3 is 20.1 Å². The van der Waals surface area contributed by atoms with Crippen LogP contribution in [0.4, 0.5) is 4.79 Å². The standard InChI is InChI=1S/C20H24N2O3/c1-15(17-9-10-18-19(14-17)25-13-12-24-18)22-20(23)21-11-5-8-16-6-3-2-4-7-16/h2-4,6-7,9-10,14-15H,5,8,11-13H2,1H3,(H2,21,22,23). The van der Waals surface area contributed by atoms with Crippen LogP contribution in [-0.2, 0) is 6.42 Å². The van der Waals surface area contributed by atoms with Crippen LogP contribution in [0, 0.1) is 0 Å². The molecule has 2 aromatic rings. The van der Waals surface area contributed by atoms with Crippen LogP contribution in [0.15, 0.2) is 48.5 Å². The molecule has 1 atom stereocenters. The molecule has 0 aliphatic carbocycles. The number of fused-ring (bicyclic) bond motifs is 1. The molecule has 3 rings (SSSR count). The highest BCUT2D eigenvalue weighted by molar-refractivity contribution is 5.74. The van der Waals surface area contributed by atoms with Crippen LogP contribution in [0.2, 0.25) is 0 Å². The van der Waals surface area contributed by atoms with Crippen molar-refractivity contribution in [2.75, 3.05) is 19.8 Å². The molecule has 1 heterocycles. The summed E-state index contributed by atoms with van der Waals surface area (Å²) in [6.07, 6.45) is 1.87. The van der Waals surface area contributed by atoms with Crippen molar-refractivity contribution in [1.82, 2.24) is 10.6 Å². The van der Waals surface area contributed by atoms with Gasteiger partial charge in [0.1, 0.15) is 13.2 Å². The molecule has 2 aromatic carbocycles. The summed E-state index contributed by atoms with van der Waals surface area (Å²) in [6.45, 7) is 3.73. The van der Waals surface area contributed by atoms with Gasteiger partial charge in [-0.2, -0.15) is 0 Å². The SMILES string of the molecule is CC(NC(=O)NCCCc1ccccc1)c1ccc2c(c1)OCCO2. The summed E-state index contributed by atoms with van der Waals surface area (Å²) in [4.78, 5) is 12.0. The number of carbonyl (C=O) groups excluding carboxylic acids is 1. The van der Waals surface area contributed by atoms with E-state index in [1.807, 2.05) is 43.3 Å². The maximum atomic E-state index is 12.0. The van der Waals surface area contributed by atoms with E-state index in [1.54, 1.807) is 0 Å². The van der Waals surface area contributed by atoms with Crippen LogP contribution in [0.1, 0.15) is 30.5 Å². The summed E-state index contributed by atoms with van der Waals surface area (Å²) in [5, 5.41) is 5.87. The maximum absolute atomic E-state index is 12.0. The minimum Gasteiger partial charge on any atom is -0.486 e. The zero-order valence-corrected chi connectivity index (χ0v) is 14.5. The first kappa shape index (κ1) is 17.1. The normalized spacial score (nSPS) is 13.8. The minimum absolute atomic E-state index is 0.107. The second-order valence-corrected chi connectivity index (χ2v) is 6.11. The summed E-state index contributed by atoms with van der Waals surface area (Å²) >= 11 is 0. The quantitative estimate of drug-likeness (QED) is 0.792. The number of nitrogens with one attached hydrogen (secondary N) is 2. The smallest absolute Gasteiger partial charge is 0.315 e. The molecule has 1 unspecified atom stereocenters. The highest BCUT2D eigenvalue weighted by Crippen LogP contribution is 2.32. The van der Waals surface area contributed by atoms with E-state index in [9.17, 15) is 4.79 Å². The molecule has 0 saturated heterocycles. The number of rotatable bonds is 6. The molecular weight excluding hydrogens is 316 g/mol. The summed E-state index contributed by atoms with van der Waals surface area (Å²) in [5.41, 5.74) is 2.28. The Balaban J connectivity index is 1.43. The number of urea groups is 1. The Morgan fingerprint density at radius 1 is 1.08 bits per heavy atom. The lowest BCUT2D eigenvalue weighted by Crippen LogP contribution is -2.37. The van der Waals surface area contributed by atoms with Crippen molar-refractivity contribution < 1.29 is 14.3 Å². The zero-order chi connectivity index (χ0) is 17.5. The van der Waals surface area contributed by atoms with Gasteiger partial charge >= 0.3 is 6.03 Å². The van der Waals surface area contributed by atoms with E-state index >= 15 is 0 Å². The first-order valence-corrected chi connectivity index (χ1v) is 8.70. The predicted molar refractivity (Wildman–Crippen MR) is 97.1 cm³/mol. The third kappa shape index (κ3) is 4.89. The van der Waals surface area contributed by atoms with Crippen LogP contribution in [0.5, 0.6) is 11.5 Å². The van der Waals surface area contributed by atoms with Gasteiger partial charge in [-0.05, 0) is 43.0 Å². The number of carbonyl (C=O) groups is 1. The summed E-state index contributed by atoms with van der Waals surface area (Å²) in [6, 6.07) is 15.8. The van der Waals surface area contributed by atoms with Crippen LogP contribution in [-0.4, -0.2) is 25.8 Å². The Kier molecular flexibility index (Phi) is 5.77. The molecule has 132 valence electrons. The largest absolute Gasteiger partial charge is 0.486 e. The fraction of sp³-hybridized carbons (Fsp3) is 0.350. The number of amides is 2. The van der Waals surface area contributed by atoms with Crippen molar-refractivity contribution in [1.29, 1.82) is 0 Å². The second kappa shape index (κ2) is 8.42. The van der Waals surface area contributed by atoms with E-state index in [1.165, 1.54) is 5.56 Å². The Labute approximate surface area is 148 Å². The summed E-state index contributed by atoms with van der Waals surface area (Å²) in [7, 11) is 0. The molecule has 1 aliphatic heterocycles. The monoisotopic (exact) mass is 340 g/mol. The van der Waals surface area contributed by atoms with Crippen molar-refractivity contribution in [2.24, 2.45) is 0 Å². The van der Waals surface area contributed by atoms with Gasteiger partial charge in [0, 0.05) is 6.54 Å². The number of benzene rings is 2. The number of hydrogen-bond acceptors (Lipinski definition) is 3. The van der Waals surface area contributed by atoms with E-state index in [2.05, 4.69) is 22.8 Å². The van der Waals surface area contributed by atoms with E-state index in [0.29, 0.717) is 19.8 Å². The topological polar surface area (TPSA) is 59.6 Å². The lowest BCUT2D eigenvalue weighted by atomic mass is 10.1. The highest BCUT2D eigenvalue weighted by Gasteiger charge is 2.15. The van der Waals surface area contributed by atoms with E-state index < -0.39 is 0 Å². The average molecular weight is 340 g/mol. The van der Waals surface area contributed by atoms with Crippen molar-refractivity contribution in [3.8, 4) is 11.5 Å². The lowest BCUT2D eigenvalue weighted by molar-refractivity contribution is 0.171. The van der Waals surface area contributed by atoms with Gasteiger partial charge in [0.25, 0.3) is 0 Å². The van der Waals surface area contributed by atoms with Gasteiger partial charge in [-0.3, -0.25) is 0 Å². The molecule has 1 aliphatic rings. The van der Waals surface area contributed by atoms with Gasteiger partial charge in [-0.1, -0.05) is 36.4 Å². The minimum atomic E-state index is -0.157. The lowest BCUT2D eigenvalue weighted by Gasteiger charge is -2.21. The molecule has 5 heteroatoms. The van der Waals surface area contributed by atoms with Crippen LogP contribution in [0.3, 0.4) is 0 Å². The number of hydrogen-bond donors (Lipinski definition) is 2. The van der Waals surface area contributed by atoms with Crippen molar-refractivity contribution in [3.63, 3.8) is 0 Å². The number of aryl methyl sites for hydroxylation is 1. The molecule has 0 aromatic heterocycles. The molecule has 2 amide bonds. The van der Waals surface area contributed by atoms with E-state index in [0.717, 1.165) is 29.9 Å². The van der Waals surface area contributed by atoms with Crippen LogP contribution in [0.25, 0.3) is 0 Å². The third-order valence-corrected chi connectivity index (χ3v) is 4.18. The molecule has 0 radical (unpaired) electrons. The van der Waals surface area contributed by atoms with Gasteiger partial charge in [0.05, 0.1) is 6.04 Å². The van der Waals surface area contributed by atoms with E-state index in [-0.39, 0.29) is 12.1 Å². The molecule has 2 N–H and O–H groups in total. The molecule has 0 saturated carbocycles. The van der Waals surface area contributed by atoms with Crippen LogP contribution < -0.4 is 20.1 Å². The predicted octanol–water partition coefficient (Wildman–Crippen LogP) is 3.45. The molecular formula is C20H24N2O3. The van der Waals surface area contributed by atoms with Crippen molar-refractivity contribution in [2.45, 2.75) is 25.8 Å². The molecule has 0 fully saturated rings. The highest BCUT2D eigenvalue weighted by atomic mass is 16.6. The third-order valence-electron chi connectivity index (χ3n) is 4.18. The van der Waals surface area contributed by atoms with Gasteiger partial charge in [0.15, 0.2) is 11.5 Å². The first-order chi connectivity index (χ1) is 12.2. The second-order valence-electron chi connectivity index (χ2n) is 6.11. The van der Waals surface area contributed by atoms with Crippen molar-refractivity contribution >= 4 is 6.03 Å². The Morgan fingerprint density at radius 2 is 1.84 bits per heavy atom. The van der Waals surface area contributed by atoms with Gasteiger partial charge in [0.2, 0.25) is 0 Å². The molecule has 25 heavy (non-hydrogen) atoms. The molecule has 0 bridgehead atoms. The number of ether oxygens (including phenoxy) is 2. The zero-order valence-electron chi connectivity index (χ0n) is 14.5. The van der Waals surface area contributed by atoms with Gasteiger partial charge in [-0.25, -0.2) is 4.79 Å². The fourth-order valence-corrected chi connectivity index (χ4v) is 2.80. The molecule has 5 nitrogen and oxygen atoms in total. The summed E-state index contributed by atoms with van der Waals surface area (Å²) < 4.78 is 11.1.